The van der Waals surface area contributed by atoms with Gasteiger partial charge < -0.3 is 9.80 Å². The van der Waals surface area contributed by atoms with Crippen LogP contribution < -0.4 is 4.90 Å². The minimum absolute atomic E-state index is 0.0174. The van der Waals surface area contributed by atoms with Gasteiger partial charge in [0.2, 0.25) is 0 Å². The van der Waals surface area contributed by atoms with Crippen molar-refractivity contribution in [1.82, 2.24) is 4.90 Å². The summed E-state index contributed by atoms with van der Waals surface area (Å²) >= 11 is 5.84. The van der Waals surface area contributed by atoms with Gasteiger partial charge in [-0.25, -0.2) is 0 Å². The van der Waals surface area contributed by atoms with Crippen LogP contribution in [0.25, 0.3) is 0 Å². The number of likely N-dealkylation sites (N-methyl/N-ethyl adjacent to an activating group) is 1. The predicted octanol–water partition coefficient (Wildman–Crippen LogP) is 6.53. The number of fused-ring (bicyclic) bond motifs is 1. The summed E-state index contributed by atoms with van der Waals surface area (Å²) in [7, 11) is 2.20. The molecule has 1 heterocycles. The van der Waals surface area contributed by atoms with Gasteiger partial charge >= 0.3 is 0 Å². The maximum absolute atomic E-state index is 11.8. The van der Waals surface area contributed by atoms with E-state index in [0.717, 1.165) is 31.5 Å². The quantitative estimate of drug-likeness (QED) is 0.529. The van der Waals surface area contributed by atoms with Gasteiger partial charge in [0, 0.05) is 48.0 Å². The predicted molar refractivity (Wildman–Crippen MR) is 139 cm³/mol. The van der Waals surface area contributed by atoms with E-state index in [0.29, 0.717) is 16.2 Å². The number of anilines is 1. The zero-order valence-electron chi connectivity index (χ0n) is 20.2. The van der Waals surface area contributed by atoms with Crippen LogP contribution in [0.15, 0.2) is 60.7 Å². The number of nitrogens with zero attached hydrogens (tertiary/aromatic N) is 2. The van der Waals surface area contributed by atoms with E-state index in [1.165, 1.54) is 29.9 Å². The van der Waals surface area contributed by atoms with Crippen LogP contribution in [0.1, 0.15) is 47.8 Å². The molecule has 0 unspecified atom stereocenters. The molecule has 4 rings (SSSR count). The van der Waals surface area contributed by atoms with Gasteiger partial charge in [-0.15, -0.1) is 0 Å². The molecule has 0 spiro atoms. The smallest absolute Gasteiger partial charge is 0.193 e. The van der Waals surface area contributed by atoms with Crippen LogP contribution in [0.4, 0.5) is 5.69 Å². The fourth-order valence-corrected chi connectivity index (χ4v) is 4.09. The van der Waals surface area contributed by atoms with Crippen molar-refractivity contribution in [3.63, 3.8) is 0 Å². The van der Waals surface area contributed by atoms with Crippen molar-refractivity contribution in [3.05, 3.63) is 88.0 Å². The van der Waals surface area contributed by atoms with Gasteiger partial charge in [-0.1, -0.05) is 63.2 Å². The van der Waals surface area contributed by atoms with E-state index in [1.807, 2.05) is 26.0 Å². The Bertz CT molecular complexity index is 956. The Morgan fingerprint density at radius 1 is 1.06 bits per heavy atom. The molecule has 0 bridgehead atoms. The second kappa shape index (κ2) is 12.6. The number of piperazine rings is 1. The number of carbonyl (C=O) groups excluding carboxylic acids is 1. The summed E-state index contributed by atoms with van der Waals surface area (Å²) in [5, 5.41) is 0.599. The van der Waals surface area contributed by atoms with E-state index in [4.69, 9.17) is 11.6 Å². The van der Waals surface area contributed by atoms with Crippen LogP contribution in [0.3, 0.4) is 0 Å². The molecule has 4 heteroatoms. The zero-order chi connectivity index (χ0) is 23.7. The Hall–Kier alpha value is -2.36. The lowest BCUT2D eigenvalue weighted by Gasteiger charge is -2.34. The number of aryl methyl sites for hydroxylation is 2. The van der Waals surface area contributed by atoms with Crippen LogP contribution in [0.5, 0.6) is 0 Å². The lowest BCUT2D eigenvalue weighted by Crippen LogP contribution is -2.44. The summed E-state index contributed by atoms with van der Waals surface area (Å²) in [6.07, 6.45) is 5.40. The molecule has 1 fully saturated rings. The van der Waals surface area contributed by atoms with Gasteiger partial charge in [-0.2, -0.15) is 0 Å². The lowest BCUT2D eigenvalue weighted by molar-refractivity contribution is 0.103. The first-order chi connectivity index (χ1) is 15.4. The summed E-state index contributed by atoms with van der Waals surface area (Å²) in [6.45, 7) is 16.7. The molecule has 2 aromatic rings. The first kappa shape index (κ1) is 25.9. The summed E-state index contributed by atoms with van der Waals surface area (Å²) in [5.74, 6) is 0.0174. The Labute approximate surface area is 199 Å². The molecular formula is C28H37ClN2O. The van der Waals surface area contributed by atoms with E-state index in [2.05, 4.69) is 55.5 Å². The number of halogens is 1. The van der Waals surface area contributed by atoms with Gasteiger partial charge in [-0.3, -0.25) is 4.79 Å². The van der Waals surface area contributed by atoms with Crippen LogP contribution in [-0.2, 0) is 12.8 Å². The average Bonchev–Trinajstić information content (AvgIpc) is 2.82. The average molecular weight is 453 g/mol. The molecule has 0 saturated carbocycles. The Morgan fingerprint density at radius 3 is 2.34 bits per heavy atom. The fourth-order valence-electron chi connectivity index (χ4n) is 3.92. The summed E-state index contributed by atoms with van der Waals surface area (Å²) < 4.78 is 0. The highest BCUT2D eigenvalue weighted by Gasteiger charge is 2.18. The molecule has 0 amide bonds. The molecule has 1 saturated heterocycles. The van der Waals surface area contributed by atoms with Crippen molar-refractivity contribution in [2.75, 3.05) is 38.1 Å². The normalized spacial score (nSPS) is 15.5. The van der Waals surface area contributed by atoms with Crippen LogP contribution >= 0.6 is 11.6 Å². The number of hydrogen-bond acceptors (Lipinski definition) is 3. The fraction of sp³-hybridized carbons (Fsp3) is 0.393. The molecule has 1 aliphatic carbocycles. The van der Waals surface area contributed by atoms with Crippen molar-refractivity contribution in [2.24, 2.45) is 0 Å². The van der Waals surface area contributed by atoms with Crippen molar-refractivity contribution in [2.45, 2.75) is 40.5 Å². The number of hydrogen-bond donors (Lipinski definition) is 0. The highest BCUT2D eigenvalue weighted by molar-refractivity contribution is 6.31. The monoisotopic (exact) mass is 452 g/mol. The van der Waals surface area contributed by atoms with E-state index in [1.54, 1.807) is 18.2 Å². The number of allylic oxidation sites excluding steroid dienone is 3. The molecular weight excluding hydrogens is 416 g/mol. The highest BCUT2D eigenvalue weighted by Crippen LogP contribution is 2.24. The first-order valence-electron chi connectivity index (χ1n) is 11.6. The van der Waals surface area contributed by atoms with Crippen LogP contribution in [0, 0.1) is 6.92 Å². The van der Waals surface area contributed by atoms with E-state index in [9.17, 15) is 4.79 Å². The minimum Gasteiger partial charge on any atom is -0.369 e. The number of carbonyl (C=O) groups is 1. The molecule has 0 aromatic heterocycles. The molecule has 2 aromatic carbocycles. The third kappa shape index (κ3) is 6.57. The number of Topliss-reactive ketones (excluding diaryl/α,β-unsaturated/α-hetero) is 1. The summed E-state index contributed by atoms with van der Waals surface area (Å²) in [4.78, 5) is 16.7. The molecule has 1 aliphatic heterocycles. The van der Waals surface area contributed by atoms with Gasteiger partial charge in [0.15, 0.2) is 5.78 Å². The lowest BCUT2D eigenvalue weighted by atomic mass is 9.90. The maximum atomic E-state index is 11.8. The molecule has 0 atom stereocenters. The topological polar surface area (TPSA) is 23.6 Å². The molecule has 2 aliphatic rings. The van der Waals surface area contributed by atoms with E-state index < -0.39 is 0 Å². The molecule has 0 N–H and O–H groups in total. The van der Waals surface area contributed by atoms with Gasteiger partial charge in [0.05, 0.1) is 0 Å². The van der Waals surface area contributed by atoms with Crippen molar-refractivity contribution in [1.29, 1.82) is 0 Å². The van der Waals surface area contributed by atoms with Crippen molar-refractivity contribution < 1.29 is 4.79 Å². The van der Waals surface area contributed by atoms with Crippen LogP contribution in [-0.4, -0.2) is 43.9 Å². The number of rotatable bonds is 3. The second-order valence-electron chi connectivity index (χ2n) is 7.95. The summed E-state index contributed by atoms with van der Waals surface area (Å²) in [6, 6.07) is 12.3. The second-order valence-corrected chi connectivity index (χ2v) is 8.39. The molecule has 0 radical (unpaired) electrons. The standard InChI is InChI=1S/C14H22N2.C12H9ClO.C2H6/c1-4-13-5-6-14(11-12(13)2)16-9-7-15(3)8-10-16;1-2-8-3-4-9-5-6-10(13)7-11(9)12(8)14;1-2/h5-6,11H,4,7-10H2,1-3H3;2-3,5-7H,1,4H2;1-2H3. The Morgan fingerprint density at radius 2 is 1.75 bits per heavy atom. The molecule has 32 heavy (non-hydrogen) atoms. The van der Waals surface area contributed by atoms with Crippen molar-refractivity contribution >= 4 is 23.1 Å². The SMILES string of the molecule is C=CC1=CCc2ccc(Cl)cc2C1=O.CC.CCc1ccc(N2CCN(C)CC2)cc1C. The molecule has 3 nitrogen and oxygen atoms in total. The Balaban J connectivity index is 0.000000212. The minimum atomic E-state index is 0.0174. The number of ketones is 1. The van der Waals surface area contributed by atoms with Gasteiger partial charge in [0.1, 0.15) is 0 Å². The first-order valence-corrected chi connectivity index (χ1v) is 12.0. The number of benzene rings is 2. The third-order valence-corrected chi connectivity index (χ3v) is 6.15. The zero-order valence-corrected chi connectivity index (χ0v) is 21.0. The maximum Gasteiger partial charge on any atom is 0.193 e. The largest absolute Gasteiger partial charge is 0.369 e. The van der Waals surface area contributed by atoms with E-state index >= 15 is 0 Å². The summed E-state index contributed by atoms with van der Waals surface area (Å²) in [5.41, 5.74) is 6.69. The highest BCUT2D eigenvalue weighted by atomic mass is 35.5. The van der Waals surface area contributed by atoms with Crippen LogP contribution in [0.2, 0.25) is 5.02 Å². The van der Waals surface area contributed by atoms with E-state index in [-0.39, 0.29) is 5.78 Å². The Kier molecular flexibility index (Phi) is 10.2. The third-order valence-electron chi connectivity index (χ3n) is 5.92. The molecule has 172 valence electrons. The van der Waals surface area contributed by atoms with Crippen molar-refractivity contribution in [3.8, 4) is 0 Å². The van der Waals surface area contributed by atoms with Gasteiger partial charge in [0.25, 0.3) is 0 Å². The van der Waals surface area contributed by atoms with Gasteiger partial charge in [-0.05, 0) is 67.8 Å².